The van der Waals surface area contributed by atoms with E-state index in [4.69, 9.17) is 16.3 Å². The molecule has 0 aliphatic carbocycles. The van der Waals surface area contributed by atoms with E-state index in [0.717, 1.165) is 10.9 Å². The van der Waals surface area contributed by atoms with Crippen LogP contribution in [0.2, 0.25) is 5.02 Å². The lowest BCUT2D eigenvalue weighted by atomic mass is 10.0. The normalized spacial score (nSPS) is 10.7. The molecular formula is C15H11ClN2O2. The maximum Gasteiger partial charge on any atom is 0.199 e. The van der Waals surface area contributed by atoms with Crippen LogP contribution in [0.5, 0.6) is 5.75 Å². The minimum atomic E-state index is -0.149. The van der Waals surface area contributed by atoms with E-state index in [9.17, 15) is 4.79 Å². The lowest BCUT2D eigenvalue weighted by Gasteiger charge is -2.07. The van der Waals surface area contributed by atoms with Crippen LogP contribution in [0, 0.1) is 0 Å². The summed E-state index contributed by atoms with van der Waals surface area (Å²) in [6.07, 6.45) is 5.01. The van der Waals surface area contributed by atoms with E-state index in [2.05, 4.69) is 9.97 Å². The number of H-pyrrole nitrogens is 1. The number of aromatic nitrogens is 2. The minimum Gasteiger partial charge on any atom is -0.496 e. The first kappa shape index (κ1) is 12.7. The molecule has 0 spiro atoms. The topological polar surface area (TPSA) is 55.0 Å². The molecule has 0 atom stereocenters. The van der Waals surface area contributed by atoms with Gasteiger partial charge in [0.2, 0.25) is 0 Å². The average Bonchev–Trinajstić information content (AvgIpc) is 2.90. The molecule has 4 nitrogen and oxygen atoms in total. The highest BCUT2D eigenvalue weighted by Gasteiger charge is 2.18. The summed E-state index contributed by atoms with van der Waals surface area (Å²) < 4.78 is 5.23. The van der Waals surface area contributed by atoms with Gasteiger partial charge < -0.3 is 9.72 Å². The van der Waals surface area contributed by atoms with Crippen molar-refractivity contribution in [2.24, 2.45) is 0 Å². The fraction of sp³-hybridized carbons (Fsp3) is 0.0667. The van der Waals surface area contributed by atoms with E-state index in [1.807, 2.05) is 6.07 Å². The van der Waals surface area contributed by atoms with Gasteiger partial charge >= 0.3 is 0 Å². The second kappa shape index (κ2) is 4.98. The number of nitrogens with zero attached hydrogens (tertiary/aromatic N) is 1. The highest BCUT2D eigenvalue weighted by Crippen LogP contribution is 2.27. The van der Waals surface area contributed by atoms with Gasteiger partial charge in [-0.1, -0.05) is 11.6 Å². The number of ether oxygens (including phenoxy) is 1. The standard InChI is InChI=1S/C15H11ClN2O2/c1-20-14-3-2-9(16)6-10(14)15(19)12-8-18-13-4-5-17-7-11(12)13/h2-8,18H,1H3. The van der Waals surface area contributed by atoms with Crippen LogP contribution in [0.1, 0.15) is 15.9 Å². The molecule has 0 fully saturated rings. The van der Waals surface area contributed by atoms with E-state index in [1.165, 1.54) is 7.11 Å². The molecule has 3 aromatic rings. The number of methoxy groups -OCH3 is 1. The van der Waals surface area contributed by atoms with Crippen LogP contribution in [0.15, 0.2) is 42.9 Å². The molecule has 1 N–H and O–H groups in total. The first-order chi connectivity index (χ1) is 9.70. The van der Waals surface area contributed by atoms with Crippen molar-refractivity contribution in [3.05, 3.63) is 59.0 Å². The third kappa shape index (κ3) is 2.04. The minimum absolute atomic E-state index is 0.149. The van der Waals surface area contributed by atoms with Crippen molar-refractivity contribution < 1.29 is 9.53 Å². The Bertz CT molecular complexity index is 795. The Kier molecular flexibility index (Phi) is 3.16. The smallest absolute Gasteiger partial charge is 0.199 e. The Morgan fingerprint density at radius 1 is 1.30 bits per heavy atom. The monoisotopic (exact) mass is 286 g/mol. The molecule has 0 bridgehead atoms. The van der Waals surface area contributed by atoms with Gasteiger partial charge in [0.05, 0.1) is 12.7 Å². The Morgan fingerprint density at radius 2 is 2.15 bits per heavy atom. The van der Waals surface area contributed by atoms with Crippen molar-refractivity contribution in [2.75, 3.05) is 7.11 Å². The second-order valence-corrected chi connectivity index (χ2v) is 4.73. The van der Waals surface area contributed by atoms with Gasteiger partial charge in [0, 0.05) is 40.1 Å². The van der Waals surface area contributed by atoms with Crippen LogP contribution in [0.4, 0.5) is 0 Å². The zero-order valence-corrected chi connectivity index (χ0v) is 11.4. The molecule has 3 rings (SSSR count). The maximum atomic E-state index is 12.7. The van der Waals surface area contributed by atoms with Crippen molar-refractivity contribution in [3.63, 3.8) is 0 Å². The van der Waals surface area contributed by atoms with Gasteiger partial charge in [-0.2, -0.15) is 0 Å². The Labute approximate surface area is 120 Å². The number of benzene rings is 1. The number of hydrogen-bond acceptors (Lipinski definition) is 3. The van der Waals surface area contributed by atoms with Gasteiger partial charge in [-0.25, -0.2) is 0 Å². The quantitative estimate of drug-likeness (QED) is 0.750. The molecule has 0 saturated heterocycles. The van der Waals surface area contributed by atoms with Crippen LogP contribution in [-0.4, -0.2) is 22.9 Å². The molecule has 20 heavy (non-hydrogen) atoms. The van der Waals surface area contributed by atoms with E-state index in [1.54, 1.807) is 36.8 Å². The summed E-state index contributed by atoms with van der Waals surface area (Å²) >= 11 is 5.97. The largest absolute Gasteiger partial charge is 0.496 e. The van der Waals surface area contributed by atoms with Gasteiger partial charge in [-0.3, -0.25) is 9.78 Å². The summed E-state index contributed by atoms with van der Waals surface area (Å²) in [4.78, 5) is 19.8. The van der Waals surface area contributed by atoms with Crippen LogP contribution in [0.3, 0.4) is 0 Å². The number of ketones is 1. The van der Waals surface area contributed by atoms with Gasteiger partial charge in [-0.05, 0) is 24.3 Å². The van der Waals surface area contributed by atoms with Crippen LogP contribution in [0.25, 0.3) is 10.9 Å². The van der Waals surface area contributed by atoms with E-state index in [0.29, 0.717) is 21.9 Å². The molecule has 100 valence electrons. The van der Waals surface area contributed by atoms with E-state index >= 15 is 0 Å². The molecule has 1 aromatic carbocycles. The van der Waals surface area contributed by atoms with Crippen molar-refractivity contribution in [2.45, 2.75) is 0 Å². The molecule has 0 aliphatic heterocycles. The second-order valence-electron chi connectivity index (χ2n) is 4.30. The van der Waals surface area contributed by atoms with Gasteiger partial charge in [0.15, 0.2) is 5.78 Å². The van der Waals surface area contributed by atoms with Crippen molar-refractivity contribution in [3.8, 4) is 5.75 Å². The number of carbonyl (C=O) groups is 1. The third-order valence-corrected chi connectivity index (χ3v) is 3.37. The molecule has 0 amide bonds. The highest BCUT2D eigenvalue weighted by atomic mass is 35.5. The number of pyridine rings is 1. The lowest BCUT2D eigenvalue weighted by Crippen LogP contribution is -2.03. The molecule has 0 saturated carbocycles. The summed E-state index contributed by atoms with van der Waals surface area (Å²) in [6, 6.07) is 6.80. The fourth-order valence-electron chi connectivity index (χ4n) is 2.15. The summed E-state index contributed by atoms with van der Waals surface area (Å²) in [6.45, 7) is 0. The number of carbonyl (C=O) groups excluding carboxylic acids is 1. The Morgan fingerprint density at radius 3 is 2.95 bits per heavy atom. The molecular weight excluding hydrogens is 276 g/mol. The average molecular weight is 287 g/mol. The first-order valence-electron chi connectivity index (χ1n) is 6.00. The highest BCUT2D eigenvalue weighted by molar-refractivity contribution is 6.31. The number of halogens is 1. The molecule has 2 aromatic heterocycles. The fourth-order valence-corrected chi connectivity index (χ4v) is 2.33. The molecule has 0 radical (unpaired) electrons. The summed E-state index contributed by atoms with van der Waals surface area (Å²) in [5, 5.41) is 1.27. The summed E-state index contributed by atoms with van der Waals surface area (Å²) in [5.74, 6) is 0.348. The van der Waals surface area contributed by atoms with Gasteiger partial charge in [0.25, 0.3) is 0 Å². The first-order valence-corrected chi connectivity index (χ1v) is 6.38. The van der Waals surface area contributed by atoms with E-state index in [-0.39, 0.29) is 5.78 Å². The van der Waals surface area contributed by atoms with Crippen LogP contribution >= 0.6 is 11.6 Å². The van der Waals surface area contributed by atoms with Crippen molar-refractivity contribution in [1.82, 2.24) is 9.97 Å². The maximum absolute atomic E-state index is 12.7. The van der Waals surface area contributed by atoms with Gasteiger partial charge in [-0.15, -0.1) is 0 Å². The number of nitrogens with one attached hydrogen (secondary N) is 1. The summed E-state index contributed by atoms with van der Waals surface area (Å²) in [7, 11) is 1.52. The molecule has 2 heterocycles. The zero-order chi connectivity index (χ0) is 14.1. The molecule has 0 unspecified atom stereocenters. The van der Waals surface area contributed by atoms with Crippen LogP contribution < -0.4 is 4.74 Å². The lowest BCUT2D eigenvalue weighted by molar-refractivity contribution is 0.103. The van der Waals surface area contributed by atoms with Crippen molar-refractivity contribution >= 4 is 28.3 Å². The number of aromatic amines is 1. The predicted octanol–water partition coefficient (Wildman–Crippen LogP) is 3.46. The predicted molar refractivity (Wildman–Crippen MR) is 77.5 cm³/mol. The van der Waals surface area contributed by atoms with E-state index < -0.39 is 0 Å². The summed E-state index contributed by atoms with van der Waals surface area (Å²) in [5.41, 5.74) is 1.85. The third-order valence-electron chi connectivity index (χ3n) is 3.13. The van der Waals surface area contributed by atoms with Crippen molar-refractivity contribution in [1.29, 1.82) is 0 Å². The molecule has 0 aliphatic rings. The number of rotatable bonds is 3. The van der Waals surface area contributed by atoms with Crippen LogP contribution in [-0.2, 0) is 0 Å². The Hall–Kier alpha value is -2.33. The van der Waals surface area contributed by atoms with Gasteiger partial charge in [0.1, 0.15) is 5.75 Å². The number of hydrogen-bond donors (Lipinski definition) is 1. The molecule has 5 heteroatoms. The number of fused-ring (bicyclic) bond motifs is 1. The zero-order valence-electron chi connectivity index (χ0n) is 10.7. The Balaban J connectivity index is 2.15. The SMILES string of the molecule is COc1ccc(Cl)cc1C(=O)c1c[nH]c2ccncc12.